The average Bonchev–Trinajstić information content (AvgIpc) is 3.11. The Kier molecular flexibility index (Phi) is 6.89. The molecule has 1 aromatic rings. The Balaban J connectivity index is 2.06. The second-order valence-corrected chi connectivity index (χ2v) is 6.56. The highest BCUT2D eigenvalue weighted by molar-refractivity contribution is 5.94. The van der Waals surface area contributed by atoms with E-state index in [0.29, 0.717) is 12.8 Å². The van der Waals surface area contributed by atoms with Gasteiger partial charge < -0.3 is 26.8 Å². The van der Waals surface area contributed by atoms with Crippen LogP contribution in [-0.2, 0) is 25.6 Å². The smallest absolute Gasteiger partial charge is 0.326 e. The summed E-state index contributed by atoms with van der Waals surface area (Å²) in [5, 5.41) is 11.7. The van der Waals surface area contributed by atoms with Gasteiger partial charge in [-0.25, -0.2) is 4.79 Å². The standard InChI is InChI=1S/C18H24N4O5/c19-12(9-11-5-2-1-3-6-11)16(24)21-13(10-15(20)23)17(25)22-8-4-7-14(22)18(26)27/h1-3,5-6,12-14H,4,7-10,19H2,(H2,20,23)(H,21,24)(H,26,27)/t12-,13-,14-/m1/s1. The van der Waals surface area contributed by atoms with Crippen LogP contribution in [0.3, 0.4) is 0 Å². The van der Waals surface area contributed by atoms with Crippen LogP contribution >= 0.6 is 0 Å². The second-order valence-electron chi connectivity index (χ2n) is 6.56. The largest absolute Gasteiger partial charge is 0.480 e. The Morgan fingerprint density at radius 2 is 1.89 bits per heavy atom. The normalized spacial score (nSPS) is 18.6. The molecule has 9 heteroatoms. The molecule has 1 aromatic carbocycles. The molecule has 1 aliphatic rings. The van der Waals surface area contributed by atoms with Crippen molar-refractivity contribution < 1.29 is 24.3 Å². The molecule has 2 rings (SSSR count). The molecule has 0 spiro atoms. The summed E-state index contributed by atoms with van der Waals surface area (Å²) in [5.74, 6) is -3.15. The van der Waals surface area contributed by atoms with Crippen molar-refractivity contribution >= 4 is 23.7 Å². The van der Waals surface area contributed by atoms with E-state index in [1.54, 1.807) is 0 Å². The number of carboxylic acids is 1. The molecule has 0 unspecified atom stereocenters. The maximum Gasteiger partial charge on any atom is 0.326 e. The Morgan fingerprint density at radius 3 is 2.48 bits per heavy atom. The lowest BCUT2D eigenvalue weighted by molar-refractivity contribution is -0.149. The van der Waals surface area contributed by atoms with Crippen LogP contribution in [0.1, 0.15) is 24.8 Å². The monoisotopic (exact) mass is 376 g/mol. The number of nitrogens with two attached hydrogens (primary N) is 2. The number of benzene rings is 1. The van der Waals surface area contributed by atoms with Crippen LogP contribution in [0.2, 0.25) is 0 Å². The average molecular weight is 376 g/mol. The van der Waals surface area contributed by atoms with Gasteiger partial charge in [-0.1, -0.05) is 30.3 Å². The van der Waals surface area contributed by atoms with Crippen LogP contribution in [0.4, 0.5) is 0 Å². The topological polar surface area (TPSA) is 156 Å². The lowest BCUT2D eigenvalue weighted by Gasteiger charge is -2.27. The van der Waals surface area contributed by atoms with Crippen molar-refractivity contribution in [1.29, 1.82) is 0 Å². The van der Waals surface area contributed by atoms with Gasteiger partial charge in [-0.05, 0) is 24.8 Å². The van der Waals surface area contributed by atoms with E-state index in [-0.39, 0.29) is 13.0 Å². The molecule has 1 heterocycles. The number of carboxylic acid groups (broad SMARTS) is 1. The first-order valence-corrected chi connectivity index (χ1v) is 8.71. The van der Waals surface area contributed by atoms with Gasteiger partial charge >= 0.3 is 5.97 Å². The molecule has 3 amide bonds. The number of likely N-dealkylation sites (tertiary alicyclic amines) is 1. The summed E-state index contributed by atoms with van der Waals surface area (Å²) >= 11 is 0. The third-order valence-electron chi connectivity index (χ3n) is 4.48. The maximum absolute atomic E-state index is 12.7. The molecule has 146 valence electrons. The summed E-state index contributed by atoms with van der Waals surface area (Å²) < 4.78 is 0. The summed E-state index contributed by atoms with van der Waals surface area (Å²) in [5.41, 5.74) is 12.0. The lowest BCUT2D eigenvalue weighted by Crippen LogP contribution is -2.55. The van der Waals surface area contributed by atoms with Crippen molar-refractivity contribution in [1.82, 2.24) is 10.2 Å². The van der Waals surface area contributed by atoms with E-state index in [2.05, 4.69) is 5.32 Å². The van der Waals surface area contributed by atoms with Gasteiger partial charge in [0.05, 0.1) is 12.5 Å². The minimum absolute atomic E-state index is 0.247. The summed E-state index contributed by atoms with van der Waals surface area (Å²) in [4.78, 5) is 48.9. The Hall–Kier alpha value is -2.94. The molecule has 6 N–H and O–H groups in total. The number of carbonyl (C=O) groups excluding carboxylic acids is 3. The molecule has 27 heavy (non-hydrogen) atoms. The zero-order chi connectivity index (χ0) is 20.0. The summed E-state index contributed by atoms with van der Waals surface area (Å²) in [7, 11) is 0. The van der Waals surface area contributed by atoms with Gasteiger partial charge in [-0.3, -0.25) is 14.4 Å². The molecule has 9 nitrogen and oxygen atoms in total. The van der Waals surface area contributed by atoms with Crippen LogP contribution in [-0.4, -0.2) is 58.4 Å². The van der Waals surface area contributed by atoms with E-state index < -0.39 is 48.2 Å². The molecule has 3 atom stereocenters. The molecule has 0 aliphatic carbocycles. The van der Waals surface area contributed by atoms with Gasteiger partial charge in [0, 0.05) is 6.54 Å². The van der Waals surface area contributed by atoms with Crippen LogP contribution in [0, 0.1) is 0 Å². The third-order valence-corrected chi connectivity index (χ3v) is 4.48. The third kappa shape index (κ3) is 5.52. The number of aliphatic carboxylic acids is 1. The van der Waals surface area contributed by atoms with Crippen molar-refractivity contribution in [3.05, 3.63) is 35.9 Å². The molecule has 0 aromatic heterocycles. The fourth-order valence-corrected chi connectivity index (χ4v) is 3.13. The van der Waals surface area contributed by atoms with Crippen molar-refractivity contribution in [2.75, 3.05) is 6.54 Å². The quantitative estimate of drug-likeness (QED) is 0.455. The first-order chi connectivity index (χ1) is 12.8. The fourth-order valence-electron chi connectivity index (χ4n) is 3.13. The van der Waals surface area contributed by atoms with E-state index in [4.69, 9.17) is 11.5 Å². The number of nitrogens with one attached hydrogen (secondary N) is 1. The number of hydrogen-bond donors (Lipinski definition) is 4. The number of primary amides is 1. The number of carbonyl (C=O) groups is 4. The Morgan fingerprint density at radius 1 is 1.22 bits per heavy atom. The molecule has 1 saturated heterocycles. The van der Waals surface area contributed by atoms with E-state index in [1.165, 1.54) is 4.90 Å². The zero-order valence-electron chi connectivity index (χ0n) is 14.8. The maximum atomic E-state index is 12.7. The van der Waals surface area contributed by atoms with E-state index in [9.17, 15) is 24.3 Å². The Bertz CT molecular complexity index is 709. The van der Waals surface area contributed by atoms with Gasteiger partial charge in [0.1, 0.15) is 12.1 Å². The van der Waals surface area contributed by atoms with Crippen molar-refractivity contribution in [3.8, 4) is 0 Å². The number of rotatable bonds is 8. The summed E-state index contributed by atoms with van der Waals surface area (Å²) in [6.07, 6.45) is 0.691. The van der Waals surface area contributed by atoms with Crippen LogP contribution < -0.4 is 16.8 Å². The molecular formula is C18H24N4O5. The lowest BCUT2D eigenvalue weighted by atomic mass is 10.0. The first kappa shape index (κ1) is 20.4. The van der Waals surface area contributed by atoms with Crippen molar-refractivity contribution in [3.63, 3.8) is 0 Å². The highest BCUT2D eigenvalue weighted by atomic mass is 16.4. The second kappa shape index (κ2) is 9.13. The molecular weight excluding hydrogens is 352 g/mol. The molecule has 0 saturated carbocycles. The van der Waals surface area contributed by atoms with Gasteiger partial charge in [0.2, 0.25) is 17.7 Å². The number of amides is 3. The van der Waals surface area contributed by atoms with Crippen LogP contribution in [0.5, 0.6) is 0 Å². The van der Waals surface area contributed by atoms with Gasteiger partial charge in [-0.2, -0.15) is 0 Å². The predicted molar refractivity (Wildman–Crippen MR) is 96.2 cm³/mol. The van der Waals surface area contributed by atoms with E-state index in [0.717, 1.165) is 5.56 Å². The molecule has 0 radical (unpaired) electrons. The highest BCUT2D eigenvalue weighted by Gasteiger charge is 2.38. The molecule has 1 aliphatic heterocycles. The van der Waals surface area contributed by atoms with E-state index in [1.807, 2.05) is 30.3 Å². The molecule has 1 fully saturated rings. The van der Waals surface area contributed by atoms with Crippen LogP contribution in [0.25, 0.3) is 0 Å². The fraction of sp³-hybridized carbons (Fsp3) is 0.444. The number of nitrogens with zero attached hydrogens (tertiary/aromatic N) is 1. The van der Waals surface area contributed by atoms with Crippen molar-refractivity contribution in [2.24, 2.45) is 11.5 Å². The van der Waals surface area contributed by atoms with Gasteiger partial charge in [-0.15, -0.1) is 0 Å². The zero-order valence-corrected chi connectivity index (χ0v) is 14.8. The summed E-state index contributed by atoms with van der Waals surface area (Å²) in [6, 6.07) is 5.98. The van der Waals surface area contributed by atoms with Crippen LogP contribution in [0.15, 0.2) is 30.3 Å². The first-order valence-electron chi connectivity index (χ1n) is 8.71. The van der Waals surface area contributed by atoms with Crippen molar-refractivity contribution in [2.45, 2.75) is 43.8 Å². The minimum Gasteiger partial charge on any atom is -0.480 e. The van der Waals surface area contributed by atoms with Gasteiger partial charge in [0.15, 0.2) is 0 Å². The number of hydrogen-bond acceptors (Lipinski definition) is 5. The SMILES string of the molecule is NC(=O)C[C@@H](NC(=O)[C@H](N)Cc1ccccc1)C(=O)N1CCC[C@@H]1C(=O)O. The highest BCUT2D eigenvalue weighted by Crippen LogP contribution is 2.19. The Labute approximate surface area is 156 Å². The van der Waals surface area contributed by atoms with E-state index >= 15 is 0 Å². The summed E-state index contributed by atoms with van der Waals surface area (Å²) in [6.45, 7) is 0.247. The van der Waals surface area contributed by atoms with Gasteiger partial charge in [0.25, 0.3) is 0 Å². The predicted octanol–water partition coefficient (Wildman–Crippen LogP) is -1.01. The minimum atomic E-state index is -1.24. The molecule has 0 bridgehead atoms.